The third-order valence-electron chi connectivity index (χ3n) is 3.43. The molecule has 3 nitrogen and oxygen atoms in total. The average Bonchev–Trinajstić information content (AvgIpc) is 2.34. The van der Waals surface area contributed by atoms with Crippen LogP contribution in [0.2, 0.25) is 5.02 Å². The molecule has 1 heterocycles. The Labute approximate surface area is 112 Å². The summed E-state index contributed by atoms with van der Waals surface area (Å²) in [7, 11) is 0. The van der Waals surface area contributed by atoms with Gasteiger partial charge in [0.2, 0.25) is 0 Å². The molecule has 1 aliphatic heterocycles. The minimum Gasteiger partial charge on any atom is -0.478 e. The maximum absolute atomic E-state index is 10.8. The van der Waals surface area contributed by atoms with E-state index >= 15 is 0 Å². The van der Waals surface area contributed by atoms with E-state index in [4.69, 9.17) is 16.7 Å². The molecule has 4 heteroatoms. The maximum atomic E-state index is 10.8. The van der Waals surface area contributed by atoms with E-state index in [1.54, 1.807) is 0 Å². The van der Waals surface area contributed by atoms with Crippen LogP contribution in [0.1, 0.15) is 16.7 Å². The molecule has 0 bridgehead atoms. The van der Waals surface area contributed by atoms with Crippen LogP contribution in [0.5, 0.6) is 0 Å². The van der Waals surface area contributed by atoms with Gasteiger partial charge in [0.25, 0.3) is 0 Å². The number of nitrogens with zero attached hydrogens (tertiary/aromatic N) is 1. The molecule has 0 radical (unpaired) electrons. The quantitative estimate of drug-likeness (QED) is 0.854. The topological polar surface area (TPSA) is 40.5 Å². The Kier molecular flexibility index (Phi) is 3.73. The van der Waals surface area contributed by atoms with E-state index in [9.17, 15) is 4.79 Å². The standard InChI is InChI=1S/C14H16ClNO2/c1-9(14(17)18)7-16-6-5-11-3-4-13(15)10(2)12(11)8-16/h3-4H,1,5-8H2,2H3,(H,17,18). The highest BCUT2D eigenvalue weighted by molar-refractivity contribution is 6.31. The van der Waals surface area contributed by atoms with Gasteiger partial charge in [0.15, 0.2) is 0 Å². The number of halogens is 1. The molecule has 0 spiro atoms. The maximum Gasteiger partial charge on any atom is 0.332 e. The highest BCUT2D eigenvalue weighted by atomic mass is 35.5. The molecule has 0 amide bonds. The van der Waals surface area contributed by atoms with Crippen molar-refractivity contribution in [1.29, 1.82) is 0 Å². The zero-order chi connectivity index (χ0) is 13.3. The van der Waals surface area contributed by atoms with E-state index in [2.05, 4.69) is 17.5 Å². The second kappa shape index (κ2) is 5.12. The van der Waals surface area contributed by atoms with E-state index < -0.39 is 5.97 Å². The lowest BCUT2D eigenvalue weighted by molar-refractivity contribution is -0.132. The number of carboxylic acids is 1. The Hall–Kier alpha value is -1.32. The van der Waals surface area contributed by atoms with Gasteiger partial charge in [-0.3, -0.25) is 4.90 Å². The molecule has 0 atom stereocenters. The van der Waals surface area contributed by atoms with Crippen LogP contribution in [-0.4, -0.2) is 29.1 Å². The van der Waals surface area contributed by atoms with Crippen molar-refractivity contribution in [3.05, 3.63) is 46.0 Å². The van der Waals surface area contributed by atoms with Gasteiger partial charge in [0, 0.05) is 30.2 Å². The van der Waals surface area contributed by atoms with E-state index in [1.807, 2.05) is 13.0 Å². The molecule has 0 unspecified atom stereocenters. The average molecular weight is 266 g/mol. The van der Waals surface area contributed by atoms with Crippen LogP contribution in [0.4, 0.5) is 0 Å². The van der Waals surface area contributed by atoms with Crippen molar-refractivity contribution in [2.24, 2.45) is 0 Å². The first kappa shape index (κ1) is 13.1. The predicted molar refractivity (Wildman–Crippen MR) is 71.9 cm³/mol. The van der Waals surface area contributed by atoms with Crippen LogP contribution in [-0.2, 0) is 17.8 Å². The molecule has 18 heavy (non-hydrogen) atoms. The van der Waals surface area contributed by atoms with Crippen molar-refractivity contribution in [3.8, 4) is 0 Å². The number of carbonyl (C=O) groups is 1. The molecule has 0 saturated heterocycles. The molecular formula is C14H16ClNO2. The van der Waals surface area contributed by atoms with Crippen molar-refractivity contribution >= 4 is 17.6 Å². The summed E-state index contributed by atoms with van der Waals surface area (Å²) in [6.07, 6.45) is 0.931. The van der Waals surface area contributed by atoms with Gasteiger partial charge in [0.05, 0.1) is 0 Å². The highest BCUT2D eigenvalue weighted by Crippen LogP contribution is 2.27. The number of aliphatic carboxylic acids is 1. The van der Waals surface area contributed by atoms with Gasteiger partial charge in [-0.1, -0.05) is 24.2 Å². The highest BCUT2D eigenvalue weighted by Gasteiger charge is 2.20. The largest absolute Gasteiger partial charge is 0.478 e. The summed E-state index contributed by atoms with van der Waals surface area (Å²) in [6.45, 7) is 7.60. The number of carboxylic acid groups (broad SMARTS) is 1. The SMILES string of the molecule is C=C(CN1CCc2ccc(Cl)c(C)c2C1)C(=O)O. The van der Waals surface area contributed by atoms with E-state index in [1.165, 1.54) is 11.1 Å². The summed E-state index contributed by atoms with van der Waals surface area (Å²) >= 11 is 6.12. The number of hydrogen-bond donors (Lipinski definition) is 1. The normalized spacial score (nSPS) is 15.2. The van der Waals surface area contributed by atoms with Gasteiger partial charge in [-0.2, -0.15) is 0 Å². The van der Waals surface area contributed by atoms with E-state index in [0.717, 1.165) is 30.1 Å². The molecule has 0 aliphatic carbocycles. The lowest BCUT2D eigenvalue weighted by Crippen LogP contribution is -2.33. The summed E-state index contributed by atoms with van der Waals surface area (Å²) in [5.74, 6) is -0.927. The molecule has 96 valence electrons. The minimum atomic E-state index is -0.927. The number of hydrogen-bond acceptors (Lipinski definition) is 2. The fraction of sp³-hybridized carbons (Fsp3) is 0.357. The van der Waals surface area contributed by atoms with Gasteiger partial charge >= 0.3 is 5.97 Å². The third-order valence-corrected chi connectivity index (χ3v) is 3.83. The number of rotatable bonds is 3. The first-order chi connectivity index (χ1) is 8.49. The molecule has 0 aromatic heterocycles. The lowest BCUT2D eigenvalue weighted by atomic mass is 9.95. The zero-order valence-electron chi connectivity index (χ0n) is 10.4. The summed E-state index contributed by atoms with van der Waals surface area (Å²) in [5.41, 5.74) is 3.87. The first-order valence-corrected chi connectivity index (χ1v) is 6.27. The van der Waals surface area contributed by atoms with E-state index in [-0.39, 0.29) is 5.57 Å². The van der Waals surface area contributed by atoms with Crippen molar-refractivity contribution < 1.29 is 9.90 Å². The number of fused-ring (bicyclic) bond motifs is 1. The second-order valence-corrected chi connectivity index (χ2v) is 5.09. The van der Waals surface area contributed by atoms with Gasteiger partial charge < -0.3 is 5.11 Å². The smallest absolute Gasteiger partial charge is 0.332 e. The molecule has 1 aromatic carbocycles. The van der Waals surface area contributed by atoms with Crippen LogP contribution in [0, 0.1) is 6.92 Å². The molecule has 0 fully saturated rings. The summed E-state index contributed by atoms with van der Waals surface area (Å²) in [4.78, 5) is 12.9. The van der Waals surface area contributed by atoms with Gasteiger partial charge in [-0.25, -0.2) is 4.79 Å². The Morgan fingerprint density at radius 3 is 2.94 bits per heavy atom. The Morgan fingerprint density at radius 2 is 2.28 bits per heavy atom. The van der Waals surface area contributed by atoms with Crippen LogP contribution in [0.15, 0.2) is 24.3 Å². The minimum absolute atomic E-state index is 0.234. The molecule has 1 aromatic rings. The van der Waals surface area contributed by atoms with Crippen LogP contribution in [0.3, 0.4) is 0 Å². The zero-order valence-corrected chi connectivity index (χ0v) is 11.1. The van der Waals surface area contributed by atoms with Crippen molar-refractivity contribution in [1.82, 2.24) is 4.90 Å². The summed E-state index contributed by atoms with van der Waals surface area (Å²) < 4.78 is 0. The summed E-state index contributed by atoms with van der Waals surface area (Å²) in [6, 6.07) is 4.00. The Balaban J connectivity index is 2.17. The predicted octanol–water partition coefficient (Wildman–Crippen LogP) is 2.65. The second-order valence-electron chi connectivity index (χ2n) is 4.68. The van der Waals surface area contributed by atoms with Gasteiger partial charge in [0.1, 0.15) is 0 Å². The molecule has 0 saturated carbocycles. The van der Waals surface area contributed by atoms with E-state index in [0.29, 0.717) is 6.54 Å². The van der Waals surface area contributed by atoms with Crippen molar-refractivity contribution in [2.45, 2.75) is 19.9 Å². The van der Waals surface area contributed by atoms with Crippen LogP contribution in [0.25, 0.3) is 0 Å². The van der Waals surface area contributed by atoms with Gasteiger partial charge in [-0.15, -0.1) is 0 Å². The molecule has 2 rings (SSSR count). The fourth-order valence-corrected chi connectivity index (χ4v) is 2.47. The molecule has 1 aliphatic rings. The molecular weight excluding hydrogens is 250 g/mol. The summed E-state index contributed by atoms with van der Waals surface area (Å²) in [5, 5.41) is 9.63. The van der Waals surface area contributed by atoms with Crippen molar-refractivity contribution in [2.75, 3.05) is 13.1 Å². The third kappa shape index (κ3) is 2.57. The lowest BCUT2D eigenvalue weighted by Gasteiger charge is -2.30. The fourth-order valence-electron chi connectivity index (χ4n) is 2.29. The Bertz CT molecular complexity index is 511. The monoisotopic (exact) mass is 265 g/mol. The van der Waals surface area contributed by atoms with Crippen LogP contribution >= 0.6 is 11.6 Å². The van der Waals surface area contributed by atoms with Crippen LogP contribution < -0.4 is 0 Å². The van der Waals surface area contributed by atoms with Gasteiger partial charge in [-0.05, 0) is 36.1 Å². The Morgan fingerprint density at radius 1 is 1.56 bits per heavy atom. The van der Waals surface area contributed by atoms with Crippen molar-refractivity contribution in [3.63, 3.8) is 0 Å². The molecule has 1 N–H and O–H groups in total. The number of benzene rings is 1. The first-order valence-electron chi connectivity index (χ1n) is 5.89.